The predicted molar refractivity (Wildman–Crippen MR) is 178 cm³/mol. The van der Waals surface area contributed by atoms with E-state index in [1.165, 1.54) is 24.5 Å². The minimum Gasteiger partial charge on any atom is -0.490 e. The number of ether oxygens (including phenoxy) is 2. The Bertz CT molecular complexity index is 2020. The molecule has 1 aliphatic heterocycles. The van der Waals surface area contributed by atoms with Gasteiger partial charge in [0.1, 0.15) is 42.5 Å². The quantitative estimate of drug-likeness (QED) is 0.0949. The van der Waals surface area contributed by atoms with Crippen LogP contribution in [0.4, 0.5) is 8.78 Å². The van der Waals surface area contributed by atoms with Crippen LogP contribution in [0, 0.1) is 11.6 Å². The van der Waals surface area contributed by atoms with Crippen LogP contribution < -0.4 is 10.0 Å². The van der Waals surface area contributed by atoms with E-state index < -0.39 is 18.8 Å². The lowest BCUT2D eigenvalue weighted by atomic mass is 9.96. The van der Waals surface area contributed by atoms with Gasteiger partial charge in [0.25, 0.3) is 0 Å². The standard InChI is InChI=1S/C34H33F2N4O4PS/c1-6-29(41)39-12-13-40-27(20(39)2)19-26(38-40)33-31(30-25(36)17-22(35)18-28(30)44-15-14-43-3)34-24(11-16-46-34)32(37-33)21-7-9-23(10-8-21)45(4,5)42/h6-11,16-20H,1,12-15H2,2-5H3. The molecule has 4 heterocycles. The van der Waals surface area contributed by atoms with Crippen molar-refractivity contribution in [3.63, 3.8) is 0 Å². The Labute approximate surface area is 269 Å². The Morgan fingerprint density at radius 3 is 2.54 bits per heavy atom. The van der Waals surface area contributed by atoms with Gasteiger partial charge in [-0.3, -0.25) is 9.48 Å². The van der Waals surface area contributed by atoms with Crippen LogP contribution in [0.2, 0.25) is 0 Å². The fourth-order valence-corrected chi connectivity index (χ4v) is 7.63. The molecule has 0 saturated carbocycles. The molecule has 0 N–H and O–H groups in total. The van der Waals surface area contributed by atoms with Crippen molar-refractivity contribution >= 4 is 39.8 Å². The van der Waals surface area contributed by atoms with E-state index in [0.717, 1.165) is 34.1 Å². The van der Waals surface area contributed by atoms with Gasteiger partial charge in [0.05, 0.1) is 36.1 Å². The fourth-order valence-electron chi connectivity index (χ4n) is 5.82. The number of amides is 1. The first-order chi connectivity index (χ1) is 22.0. The van der Waals surface area contributed by atoms with E-state index in [1.807, 2.05) is 53.4 Å². The molecule has 0 aliphatic carbocycles. The van der Waals surface area contributed by atoms with Gasteiger partial charge in [-0.1, -0.05) is 30.8 Å². The highest BCUT2D eigenvalue weighted by atomic mass is 32.1. The number of pyridine rings is 1. The van der Waals surface area contributed by atoms with Gasteiger partial charge in [-0.2, -0.15) is 5.10 Å². The number of methoxy groups -OCH3 is 1. The summed E-state index contributed by atoms with van der Waals surface area (Å²) in [6, 6.07) is 12.9. The highest BCUT2D eigenvalue weighted by Crippen LogP contribution is 2.47. The van der Waals surface area contributed by atoms with Crippen LogP contribution in [0.15, 0.2) is 66.6 Å². The molecule has 5 aromatic rings. The highest BCUT2D eigenvalue weighted by molar-refractivity contribution is 7.70. The number of hydrogen-bond donors (Lipinski definition) is 0. The molecule has 1 unspecified atom stereocenters. The molecule has 0 bridgehead atoms. The predicted octanol–water partition coefficient (Wildman–Crippen LogP) is 7.13. The smallest absolute Gasteiger partial charge is 0.246 e. The maximum Gasteiger partial charge on any atom is 0.246 e. The van der Waals surface area contributed by atoms with Crippen LogP contribution >= 0.6 is 18.5 Å². The summed E-state index contributed by atoms with van der Waals surface area (Å²) in [6.07, 6.45) is 1.30. The number of hydrogen-bond acceptors (Lipinski definition) is 7. The third kappa shape index (κ3) is 5.79. The van der Waals surface area contributed by atoms with Gasteiger partial charge in [0.2, 0.25) is 5.91 Å². The second-order valence-corrected chi connectivity index (χ2v) is 15.6. The number of thiophene rings is 1. The van der Waals surface area contributed by atoms with Gasteiger partial charge in [0.15, 0.2) is 0 Å². The van der Waals surface area contributed by atoms with Crippen molar-refractivity contribution in [1.29, 1.82) is 0 Å². The first-order valence-corrected chi connectivity index (χ1v) is 18.2. The number of benzene rings is 2. The van der Waals surface area contributed by atoms with Crippen molar-refractivity contribution in [2.24, 2.45) is 0 Å². The van der Waals surface area contributed by atoms with Gasteiger partial charge >= 0.3 is 0 Å². The lowest BCUT2D eigenvalue weighted by Gasteiger charge is -2.33. The summed E-state index contributed by atoms with van der Waals surface area (Å²) in [7, 11) is -0.965. The zero-order valence-electron chi connectivity index (χ0n) is 25.9. The summed E-state index contributed by atoms with van der Waals surface area (Å²) in [6.45, 7) is 10.2. The Balaban J connectivity index is 1.62. The van der Waals surface area contributed by atoms with Crippen molar-refractivity contribution in [3.05, 3.63) is 83.9 Å². The van der Waals surface area contributed by atoms with Crippen LogP contribution in [0.25, 0.3) is 43.9 Å². The lowest BCUT2D eigenvalue weighted by molar-refractivity contribution is -0.129. The lowest BCUT2D eigenvalue weighted by Crippen LogP contribution is -2.40. The largest absolute Gasteiger partial charge is 0.490 e. The molecule has 1 atom stereocenters. The van der Waals surface area contributed by atoms with E-state index in [-0.39, 0.29) is 36.5 Å². The number of nitrogens with zero attached hydrogens (tertiary/aromatic N) is 4. The first-order valence-electron chi connectivity index (χ1n) is 14.7. The van der Waals surface area contributed by atoms with Crippen molar-refractivity contribution < 1.29 is 27.6 Å². The zero-order valence-corrected chi connectivity index (χ0v) is 27.6. The molecule has 1 aliphatic rings. The zero-order chi connectivity index (χ0) is 32.7. The molecule has 0 spiro atoms. The van der Waals surface area contributed by atoms with Gasteiger partial charge in [-0.25, -0.2) is 13.8 Å². The van der Waals surface area contributed by atoms with Crippen LogP contribution in [0.5, 0.6) is 5.75 Å². The molecule has 238 valence electrons. The van der Waals surface area contributed by atoms with E-state index in [2.05, 4.69) is 6.58 Å². The maximum absolute atomic E-state index is 16.0. The molecule has 3 aromatic heterocycles. The summed E-state index contributed by atoms with van der Waals surface area (Å²) >= 11 is 1.40. The van der Waals surface area contributed by atoms with Gasteiger partial charge in [-0.15, -0.1) is 11.3 Å². The molecule has 6 rings (SSSR count). The summed E-state index contributed by atoms with van der Waals surface area (Å²) in [4.78, 5) is 19.4. The molecular weight excluding hydrogens is 629 g/mol. The first kappa shape index (κ1) is 31.8. The highest BCUT2D eigenvalue weighted by Gasteiger charge is 2.31. The Morgan fingerprint density at radius 1 is 1.09 bits per heavy atom. The molecule has 0 fully saturated rings. The average molecular weight is 663 g/mol. The van der Waals surface area contributed by atoms with Crippen LogP contribution in [0.3, 0.4) is 0 Å². The third-order valence-electron chi connectivity index (χ3n) is 8.14. The summed E-state index contributed by atoms with van der Waals surface area (Å²) in [5.41, 5.74) is 3.54. The Hall–Kier alpha value is -4.18. The molecule has 12 heteroatoms. The second-order valence-electron chi connectivity index (χ2n) is 11.4. The number of aromatic nitrogens is 3. The van der Waals surface area contributed by atoms with E-state index in [1.54, 1.807) is 18.2 Å². The molecule has 1 amide bonds. The van der Waals surface area contributed by atoms with Crippen molar-refractivity contribution in [2.45, 2.75) is 19.5 Å². The minimum atomic E-state index is -2.48. The van der Waals surface area contributed by atoms with Crippen molar-refractivity contribution in [3.8, 4) is 39.5 Å². The maximum atomic E-state index is 16.0. The molecule has 0 radical (unpaired) electrons. The van der Waals surface area contributed by atoms with E-state index in [9.17, 15) is 13.8 Å². The van der Waals surface area contributed by atoms with E-state index in [4.69, 9.17) is 19.6 Å². The fraction of sp³-hybridized carbons (Fsp3) is 0.265. The molecule has 2 aromatic carbocycles. The number of rotatable bonds is 9. The molecule has 0 saturated heterocycles. The van der Waals surface area contributed by atoms with Gasteiger partial charge in [0, 0.05) is 52.3 Å². The SMILES string of the molecule is C=CC(=O)N1CCn2nc(-c3nc(-c4ccc(P(C)(C)=O)cc4)c4ccsc4c3-c3c(F)cc(F)cc3OCCOC)cc2C1C. The monoisotopic (exact) mass is 662 g/mol. The van der Waals surface area contributed by atoms with Crippen LogP contribution in [-0.2, 0) is 20.6 Å². The topological polar surface area (TPSA) is 86.6 Å². The number of fused-ring (bicyclic) bond motifs is 2. The number of carbonyl (C=O) groups excluding carboxylic acids is 1. The number of halogens is 2. The number of carbonyl (C=O) groups is 1. The Kier molecular flexibility index (Phi) is 8.67. The molecular formula is C34H33F2N4O4PS. The Morgan fingerprint density at radius 2 is 1.85 bits per heavy atom. The second kappa shape index (κ2) is 12.5. The normalized spacial score (nSPS) is 14.8. The molecule has 46 heavy (non-hydrogen) atoms. The average Bonchev–Trinajstić information content (AvgIpc) is 3.69. The summed E-state index contributed by atoms with van der Waals surface area (Å²) in [5.74, 6) is -1.74. The van der Waals surface area contributed by atoms with Crippen LogP contribution in [0.1, 0.15) is 18.7 Å². The van der Waals surface area contributed by atoms with Gasteiger partial charge < -0.3 is 18.9 Å². The van der Waals surface area contributed by atoms with Crippen LogP contribution in [-0.4, -0.2) is 65.8 Å². The summed E-state index contributed by atoms with van der Waals surface area (Å²) in [5, 5.41) is 8.31. The third-order valence-corrected chi connectivity index (χ3v) is 10.6. The minimum absolute atomic E-state index is 0.0196. The van der Waals surface area contributed by atoms with Gasteiger partial charge in [-0.05, 0) is 43.8 Å². The van der Waals surface area contributed by atoms with Crippen molar-refractivity contribution in [1.82, 2.24) is 19.7 Å². The van der Waals surface area contributed by atoms with Crippen molar-refractivity contribution in [2.75, 3.05) is 40.2 Å². The van der Waals surface area contributed by atoms with E-state index >= 15 is 4.39 Å². The summed E-state index contributed by atoms with van der Waals surface area (Å²) < 4.78 is 56.9. The van der Waals surface area contributed by atoms with E-state index in [0.29, 0.717) is 40.4 Å². The molecule has 8 nitrogen and oxygen atoms in total.